The van der Waals surface area contributed by atoms with Crippen LogP contribution in [0.4, 0.5) is 11.4 Å². The normalized spacial score (nSPS) is 12.0. The second-order valence-corrected chi connectivity index (χ2v) is 4.56. The number of nitrogens with zero attached hydrogens (tertiary/aromatic N) is 1. The standard InChI is InChI=1S/C12H15ClN2O3/c1-7-4-10(14-12(16)9(3)6-13)11(15(17)18)5-8(7)2/h4-5,9H,6H2,1-3H3,(H,14,16). The number of alkyl halides is 1. The number of amides is 1. The van der Waals surface area contributed by atoms with Gasteiger partial charge in [0, 0.05) is 17.9 Å². The lowest BCUT2D eigenvalue weighted by Crippen LogP contribution is -2.22. The molecule has 0 heterocycles. The molecule has 18 heavy (non-hydrogen) atoms. The van der Waals surface area contributed by atoms with Crippen molar-refractivity contribution in [3.05, 3.63) is 33.4 Å². The largest absolute Gasteiger partial charge is 0.320 e. The number of nitro benzene ring substituents is 1. The summed E-state index contributed by atoms with van der Waals surface area (Å²) in [5.41, 5.74) is 1.80. The number of benzene rings is 1. The van der Waals surface area contributed by atoms with Crippen LogP contribution in [-0.2, 0) is 4.79 Å². The van der Waals surface area contributed by atoms with Crippen molar-refractivity contribution >= 4 is 28.9 Å². The third-order valence-electron chi connectivity index (χ3n) is 2.75. The molecule has 1 aromatic rings. The molecule has 1 N–H and O–H groups in total. The van der Waals surface area contributed by atoms with Crippen LogP contribution < -0.4 is 5.32 Å². The van der Waals surface area contributed by atoms with Gasteiger partial charge in [0.2, 0.25) is 5.91 Å². The van der Waals surface area contributed by atoms with E-state index in [-0.39, 0.29) is 23.2 Å². The van der Waals surface area contributed by atoms with Crippen molar-refractivity contribution in [3.8, 4) is 0 Å². The molecule has 1 aromatic carbocycles. The van der Waals surface area contributed by atoms with E-state index >= 15 is 0 Å². The molecule has 0 spiro atoms. The minimum Gasteiger partial charge on any atom is -0.320 e. The highest BCUT2D eigenvalue weighted by atomic mass is 35.5. The summed E-state index contributed by atoms with van der Waals surface area (Å²) >= 11 is 5.58. The van der Waals surface area contributed by atoms with Crippen LogP contribution in [-0.4, -0.2) is 16.7 Å². The number of halogens is 1. The maximum absolute atomic E-state index is 11.7. The van der Waals surface area contributed by atoms with Crippen molar-refractivity contribution in [2.45, 2.75) is 20.8 Å². The van der Waals surface area contributed by atoms with Gasteiger partial charge in [-0.1, -0.05) is 6.92 Å². The minimum atomic E-state index is -0.507. The van der Waals surface area contributed by atoms with E-state index in [2.05, 4.69) is 5.32 Å². The Hall–Kier alpha value is -1.62. The molecule has 0 aliphatic rings. The van der Waals surface area contributed by atoms with E-state index in [9.17, 15) is 14.9 Å². The minimum absolute atomic E-state index is 0.103. The number of hydrogen-bond acceptors (Lipinski definition) is 3. The molecule has 0 bridgehead atoms. The Morgan fingerprint density at radius 3 is 2.50 bits per heavy atom. The molecule has 0 saturated heterocycles. The Labute approximate surface area is 110 Å². The average Bonchev–Trinajstić information content (AvgIpc) is 2.31. The number of anilines is 1. The van der Waals surface area contributed by atoms with Crippen molar-refractivity contribution in [1.82, 2.24) is 0 Å². The summed E-state index contributed by atoms with van der Waals surface area (Å²) in [6, 6.07) is 3.06. The zero-order chi connectivity index (χ0) is 13.9. The summed E-state index contributed by atoms with van der Waals surface area (Å²) in [6.07, 6.45) is 0. The Kier molecular flexibility index (Phi) is 4.67. The van der Waals surface area contributed by atoms with Gasteiger partial charge in [0.15, 0.2) is 0 Å². The SMILES string of the molecule is Cc1cc(NC(=O)C(C)CCl)c([N+](=O)[O-])cc1C. The predicted molar refractivity (Wildman–Crippen MR) is 71.1 cm³/mol. The van der Waals surface area contributed by atoms with Crippen molar-refractivity contribution in [1.29, 1.82) is 0 Å². The van der Waals surface area contributed by atoms with Crippen LogP contribution in [0.3, 0.4) is 0 Å². The van der Waals surface area contributed by atoms with E-state index in [1.807, 2.05) is 6.92 Å². The molecule has 0 radical (unpaired) electrons. The van der Waals surface area contributed by atoms with E-state index in [1.165, 1.54) is 6.07 Å². The summed E-state index contributed by atoms with van der Waals surface area (Å²) in [5, 5.41) is 13.5. The number of carbonyl (C=O) groups excluding carboxylic acids is 1. The number of nitro groups is 1. The van der Waals surface area contributed by atoms with Crippen LogP contribution >= 0.6 is 11.6 Å². The van der Waals surface area contributed by atoms with Crippen molar-refractivity contribution in [2.24, 2.45) is 5.92 Å². The second-order valence-electron chi connectivity index (χ2n) is 4.26. The summed E-state index contributed by atoms with van der Waals surface area (Å²) < 4.78 is 0. The third kappa shape index (κ3) is 3.20. The molecule has 98 valence electrons. The molecule has 5 nitrogen and oxygen atoms in total. The number of hydrogen-bond donors (Lipinski definition) is 1. The van der Waals surface area contributed by atoms with Gasteiger partial charge in [0.1, 0.15) is 5.69 Å². The smallest absolute Gasteiger partial charge is 0.293 e. The zero-order valence-corrected chi connectivity index (χ0v) is 11.2. The third-order valence-corrected chi connectivity index (χ3v) is 3.21. The van der Waals surface area contributed by atoms with Crippen LogP contribution in [0.25, 0.3) is 0 Å². The van der Waals surface area contributed by atoms with Gasteiger partial charge in [-0.15, -0.1) is 11.6 Å². The molecular formula is C12H15ClN2O3. The molecule has 1 rings (SSSR count). The van der Waals surface area contributed by atoms with Gasteiger partial charge in [-0.05, 0) is 31.0 Å². The lowest BCUT2D eigenvalue weighted by molar-refractivity contribution is -0.384. The summed E-state index contributed by atoms with van der Waals surface area (Å²) in [4.78, 5) is 22.1. The van der Waals surface area contributed by atoms with E-state index in [0.29, 0.717) is 0 Å². The van der Waals surface area contributed by atoms with Crippen molar-refractivity contribution in [3.63, 3.8) is 0 Å². The van der Waals surface area contributed by atoms with Gasteiger partial charge < -0.3 is 5.32 Å². The summed E-state index contributed by atoms with van der Waals surface area (Å²) in [7, 11) is 0. The topological polar surface area (TPSA) is 72.2 Å². The van der Waals surface area contributed by atoms with Crippen LogP contribution in [0.1, 0.15) is 18.1 Å². The highest BCUT2D eigenvalue weighted by Crippen LogP contribution is 2.28. The number of carbonyl (C=O) groups is 1. The molecule has 0 aromatic heterocycles. The molecule has 6 heteroatoms. The first-order valence-corrected chi connectivity index (χ1v) is 6.02. The Balaban J connectivity index is 3.11. The van der Waals surface area contributed by atoms with Crippen LogP contribution in [0, 0.1) is 29.9 Å². The van der Waals surface area contributed by atoms with Gasteiger partial charge >= 0.3 is 0 Å². The molecule has 1 unspecified atom stereocenters. The van der Waals surface area contributed by atoms with Gasteiger partial charge in [0.05, 0.1) is 4.92 Å². The summed E-state index contributed by atoms with van der Waals surface area (Å²) in [5.74, 6) is -0.547. The predicted octanol–water partition coefficient (Wildman–Crippen LogP) is 3.03. The maximum atomic E-state index is 11.7. The lowest BCUT2D eigenvalue weighted by Gasteiger charge is -2.11. The Bertz CT molecular complexity index is 488. The molecule has 0 fully saturated rings. The van der Waals surface area contributed by atoms with Crippen LogP contribution in [0.15, 0.2) is 12.1 Å². The first kappa shape index (κ1) is 14.4. The van der Waals surface area contributed by atoms with Gasteiger partial charge in [0.25, 0.3) is 5.69 Å². The molecule has 1 atom stereocenters. The van der Waals surface area contributed by atoms with E-state index in [4.69, 9.17) is 11.6 Å². The maximum Gasteiger partial charge on any atom is 0.293 e. The molecule has 1 amide bonds. The Morgan fingerprint density at radius 2 is 2.00 bits per heavy atom. The molecule has 0 saturated carbocycles. The lowest BCUT2D eigenvalue weighted by atomic mass is 10.1. The van der Waals surface area contributed by atoms with Crippen molar-refractivity contribution in [2.75, 3.05) is 11.2 Å². The highest BCUT2D eigenvalue weighted by molar-refractivity contribution is 6.19. The molecule has 0 aliphatic heterocycles. The molecular weight excluding hydrogens is 256 g/mol. The fourth-order valence-electron chi connectivity index (χ4n) is 1.38. The highest BCUT2D eigenvalue weighted by Gasteiger charge is 2.19. The first-order chi connectivity index (χ1) is 8.36. The van der Waals surface area contributed by atoms with E-state index in [0.717, 1.165) is 11.1 Å². The molecule has 0 aliphatic carbocycles. The fourth-order valence-corrected chi connectivity index (χ4v) is 1.52. The van der Waals surface area contributed by atoms with E-state index < -0.39 is 10.8 Å². The van der Waals surface area contributed by atoms with Crippen molar-refractivity contribution < 1.29 is 9.72 Å². The average molecular weight is 271 g/mol. The monoisotopic (exact) mass is 270 g/mol. The number of nitrogens with one attached hydrogen (secondary N) is 1. The number of aryl methyl sites for hydroxylation is 2. The van der Waals surface area contributed by atoms with Gasteiger partial charge in [-0.2, -0.15) is 0 Å². The summed E-state index contributed by atoms with van der Waals surface area (Å²) in [6.45, 7) is 5.28. The number of rotatable bonds is 4. The van der Waals surface area contributed by atoms with Crippen LogP contribution in [0.2, 0.25) is 0 Å². The second kappa shape index (κ2) is 5.82. The Morgan fingerprint density at radius 1 is 1.44 bits per heavy atom. The quantitative estimate of drug-likeness (QED) is 0.519. The van der Waals surface area contributed by atoms with Crippen LogP contribution in [0.5, 0.6) is 0 Å². The first-order valence-electron chi connectivity index (χ1n) is 5.49. The van der Waals surface area contributed by atoms with Gasteiger partial charge in [-0.25, -0.2) is 0 Å². The van der Waals surface area contributed by atoms with Gasteiger partial charge in [-0.3, -0.25) is 14.9 Å². The fraction of sp³-hybridized carbons (Fsp3) is 0.417. The van der Waals surface area contributed by atoms with E-state index in [1.54, 1.807) is 19.9 Å². The zero-order valence-electron chi connectivity index (χ0n) is 10.5.